The molecule has 1 aliphatic heterocycles. The highest BCUT2D eigenvalue weighted by Gasteiger charge is 2.30. The molecule has 6 heteroatoms. The number of carbonyl (C=O) groups is 1. The summed E-state index contributed by atoms with van der Waals surface area (Å²) in [4.78, 5) is 18.0. The lowest BCUT2D eigenvalue weighted by atomic mass is 10.1. The molecule has 6 nitrogen and oxygen atoms in total. The van der Waals surface area contributed by atoms with Gasteiger partial charge in [0.25, 0.3) is 0 Å². The molecule has 1 aromatic rings. The Balaban J connectivity index is 2.34. The first kappa shape index (κ1) is 12.6. The first-order chi connectivity index (χ1) is 8.65. The maximum atomic E-state index is 11.8. The van der Waals surface area contributed by atoms with E-state index in [0.717, 1.165) is 5.56 Å². The van der Waals surface area contributed by atoms with Crippen molar-refractivity contribution >= 4 is 17.4 Å². The molecule has 0 saturated carbocycles. The summed E-state index contributed by atoms with van der Waals surface area (Å²) in [5, 5.41) is 2.64. The van der Waals surface area contributed by atoms with Crippen molar-refractivity contribution in [3.63, 3.8) is 0 Å². The Morgan fingerprint density at radius 1 is 1.67 bits per heavy atom. The number of aromatic nitrogens is 1. The van der Waals surface area contributed by atoms with Crippen molar-refractivity contribution in [3.05, 3.63) is 17.8 Å². The van der Waals surface area contributed by atoms with Crippen LogP contribution in [0.5, 0.6) is 0 Å². The van der Waals surface area contributed by atoms with E-state index >= 15 is 0 Å². The van der Waals surface area contributed by atoms with Gasteiger partial charge in [-0.25, -0.2) is 4.98 Å². The third kappa shape index (κ3) is 2.24. The number of ether oxygens (including phenoxy) is 1. The molecule has 1 aromatic heterocycles. The summed E-state index contributed by atoms with van der Waals surface area (Å²) >= 11 is 0. The smallest absolute Gasteiger partial charge is 0.244 e. The van der Waals surface area contributed by atoms with Gasteiger partial charge in [0.1, 0.15) is 6.04 Å². The number of morpholine rings is 1. The molecule has 3 N–H and O–H groups in total. The number of nitrogens with one attached hydrogen (secondary N) is 1. The number of hydrogen-bond acceptors (Lipinski definition) is 5. The van der Waals surface area contributed by atoms with Gasteiger partial charge >= 0.3 is 0 Å². The Bertz CT molecular complexity index is 450. The van der Waals surface area contributed by atoms with Crippen LogP contribution >= 0.6 is 0 Å². The number of rotatable bonds is 2. The van der Waals surface area contributed by atoms with Crippen molar-refractivity contribution in [2.24, 2.45) is 0 Å². The van der Waals surface area contributed by atoms with Crippen LogP contribution in [0.25, 0.3) is 0 Å². The van der Waals surface area contributed by atoms with E-state index in [1.54, 1.807) is 13.2 Å². The molecular weight excluding hydrogens is 232 g/mol. The molecule has 1 amide bonds. The number of likely N-dealkylation sites (N-methyl/N-ethyl adjacent to an activating group) is 1. The molecule has 0 aromatic carbocycles. The van der Waals surface area contributed by atoms with Gasteiger partial charge in [-0.05, 0) is 18.6 Å². The molecule has 0 aliphatic carbocycles. The number of nitrogen functional groups attached to an aromatic ring is 1. The van der Waals surface area contributed by atoms with Gasteiger partial charge < -0.3 is 20.7 Å². The second kappa shape index (κ2) is 5.22. The molecule has 18 heavy (non-hydrogen) atoms. The second-order valence-corrected chi connectivity index (χ2v) is 4.26. The maximum Gasteiger partial charge on any atom is 0.244 e. The van der Waals surface area contributed by atoms with E-state index in [1.165, 1.54) is 0 Å². The fourth-order valence-corrected chi connectivity index (χ4v) is 2.03. The summed E-state index contributed by atoms with van der Waals surface area (Å²) in [6, 6.07) is 1.48. The van der Waals surface area contributed by atoms with Crippen molar-refractivity contribution in [2.75, 3.05) is 37.4 Å². The fourth-order valence-electron chi connectivity index (χ4n) is 2.03. The third-order valence-corrected chi connectivity index (χ3v) is 3.14. The Morgan fingerprint density at radius 2 is 2.44 bits per heavy atom. The van der Waals surface area contributed by atoms with Gasteiger partial charge in [0.2, 0.25) is 5.91 Å². The van der Waals surface area contributed by atoms with Crippen LogP contribution < -0.4 is 16.0 Å². The maximum absolute atomic E-state index is 11.8. The van der Waals surface area contributed by atoms with E-state index in [9.17, 15) is 4.79 Å². The van der Waals surface area contributed by atoms with E-state index in [-0.39, 0.29) is 11.9 Å². The number of nitrogens with zero attached hydrogens (tertiary/aromatic N) is 2. The predicted octanol–water partition coefficient (Wildman–Crippen LogP) is -0.0766. The van der Waals surface area contributed by atoms with Crippen LogP contribution in [-0.2, 0) is 9.53 Å². The van der Waals surface area contributed by atoms with Gasteiger partial charge in [-0.15, -0.1) is 0 Å². The van der Waals surface area contributed by atoms with Gasteiger partial charge in [0.15, 0.2) is 5.82 Å². The quantitative estimate of drug-likeness (QED) is 0.767. The number of aryl methyl sites for hydroxylation is 1. The van der Waals surface area contributed by atoms with Crippen LogP contribution in [0, 0.1) is 6.92 Å². The summed E-state index contributed by atoms with van der Waals surface area (Å²) < 4.78 is 5.36. The summed E-state index contributed by atoms with van der Waals surface area (Å²) in [7, 11) is 1.61. The molecule has 1 atom stereocenters. The van der Waals surface area contributed by atoms with E-state index in [0.29, 0.717) is 31.3 Å². The van der Waals surface area contributed by atoms with Crippen LogP contribution in [0.4, 0.5) is 11.5 Å². The summed E-state index contributed by atoms with van der Waals surface area (Å²) in [6.45, 7) is 3.46. The lowest BCUT2D eigenvalue weighted by Gasteiger charge is -2.35. The predicted molar refractivity (Wildman–Crippen MR) is 69.4 cm³/mol. The Hall–Kier alpha value is -1.82. The normalized spacial score (nSPS) is 19.7. The molecule has 2 heterocycles. The van der Waals surface area contributed by atoms with E-state index in [1.807, 2.05) is 17.9 Å². The second-order valence-electron chi connectivity index (χ2n) is 4.26. The van der Waals surface area contributed by atoms with Crippen molar-refractivity contribution in [1.82, 2.24) is 10.3 Å². The number of anilines is 2. The largest absolute Gasteiger partial charge is 0.396 e. The zero-order valence-corrected chi connectivity index (χ0v) is 10.6. The van der Waals surface area contributed by atoms with Crippen LogP contribution in [0.2, 0.25) is 0 Å². The van der Waals surface area contributed by atoms with Crippen molar-refractivity contribution in [2.45, 2.75) is 13.0 Å². The first-order valence-electron chi connectivity index (χ1n) is 5.92. The van der Waals surface area contributed by atoms with Crippen LogP contribution in [0.1, 0.15) is 5.56 Å². The average Bonchev–Trinajstić information content (AvgIpc) is 2.41. The van der Waals surface area contributed by atoms with Crippen molar-refractivity contribution < 1.29 is 9.53 Å². The molecule has 2 rings (SSSR count). The van der Waals surface area contributed by atoms with Gasteiger partial charge in [-0.3, -0.25) is 4.79 Å². The highest BCUT2D eigenvalue weighted by Crippen LogP contribution is 2.26. The summed E-state index contributed by atoms with van der Waals surface area (Å²) in [5.74, 6) is 0.573. The van der Waals surface area contributed by atoms with Gasteiger partial charge in [-0.1, -0.05) is 0 Å². The van der Waals surface area contributed by atoms with Crippen LogP contribution in [-0.4, -0.2) is 43.7 Å². The topological polar surface area (TPSA) is 80.5 Å². The lowest BCUT2D eigenvalue weighted by Crippen LogP contribution is -2.53. The molecule has 1 aliphatic rings. The molecule has 1 unspecified atom stereocenters. The zero-order valence-electron chi connectivity index (χ0n) is 10.6. The van der Waals surface area contributed by atoms with E-state index in [4.69, 9.17) is 10.5 Å². The molecule has 98 valence electrons. The number of carbonyl (C=O) groups excluding carboxylic acids is 1. The Labute approximate surface area is 106 Å². The number of hydrogen-bond donors (Lipinski definition) is 2. The summed E-state index contributed by atoms with van der Waals surface area (Å²) in [5.41, 5.74) is 7.62. The van der Waals surface area contributed by atoms with Gasteiger partial charge in [0, 0.05) is 19.8 Å². The van der Waals surface area contributed by atoms with Gasteiger partial charge in [0.05, 0.1) is 18.9 Å². The van der Waals surface area contributed by atoms with Crippen LogP contribution in [0.3, 0.4) is 0 Å². The minimum absolute atomic E-state index is 0.0857. The number of amides is 1. The highest BCUT2D eigenvalue weighted by atomic mass is 16.5. The van der Waals surface area contributed by atoms with Crippen LogP contribution in [0.15, 0.2) is 12.3 Å². The molecule has 0 radical (unpaired) electrons. The zero-order chi connectivity index (χ0) is 13.1. The van der Waals surface area contributed by atoms with E-state index in [2.05, 4.69) is 10.3 Å². The Morgan fingerprint density at radius 3 is 3.17 bits per heavy atom. The van der Waals surface area contributed by atoms with Gasteiger partial charge in [-0.2, -0.15) is 0 Å². The SMILES string of the molecule is CNC(=O)C1COCCN1c1nccc(C)c1N. The number of pyridine rings is 1. The van der Waals surface area contributed by atoms with Crippen molar-refractivity contribution in [1.29, 1.82) is 0 Å². The average molecular weight is 250 g/mol. The third-order valence-electron chi connectivity index (χ3n) is 3.14. The van der Waals surface area contributed by atoms with E-state index < -0.39 is 0 Å². The number of nitrogens with two attached hydrogens (primary N) is 1. The highest BCUT2D eigenvalue weighted by molar-refractivity contribution is 5.86. The first-order valence-corrected chi connectivity index (χ1v) is 5.92. The fraction of sp³-hybridized carbons (Fsp3) is 0.500. The monoisotopic (exact) mass is 250 g/mol. The molecule has 0 bridgehead atoms. The molecule has 1 fully saturated rings. The van der Waals surface area contributed by atoms with Crippen molar-refractivity contribution in [3.8, 4) is 0 Å². The molecule has 0 spiro atoms. The molecule has 1 saturated heterocycles. The standard InChI is InChI=1S/C12H18N4O2/c1-8-3-4-15-11(10(8)13)16-5-6-18-7-9(16)12(17)14-2/h3-4,9H,5-7,13H2,1-2H3,(H,14,17). The minimum atomic E-state index is -0.375. The Kier molecular flexibility index (Phi) is 3.66. The summed E-state index contributed by atoms with van der Waals surface area (Å²) in [6.07, 6.45) is 1.71. The minimum Gasteiger partial charge on any atom is -0.396 e. The molecular formula is C12H18N4O2. The lowest BCUT2D eigenvalue weighted by molar-refractivity contribution is -0.124.